The predicted molar refractivity (Wildman–Crippen MR) is 94.0 cm³/mol. The van der Waals surface area contributed by atoms with Gasteiger partial charge in [-0.05, 0) is 25.0 Å². The fraction of sp³-hybridized carbons (Fsp3) is 0.647. The average molecular weight is 379 g/mol. The number of unbranched alkanes of at least 4 members (excludes halogenated alkanes) is 5. The van der Waals surface area contributed by atoms with E-state index in [1.165, 1.54) is 38.2 Å². The van der Waals surface area contributed by atoms with Crippen molar-refractivity contribution in [3.8, 4) is 5.75 Å². The van der Waals surface area contributed by atoms with Gasteiger partial charge in [0, 0.05) is 11.1 Å². The fourth-order valence-corrected chi connectivity index (χ4v) is 2.55. The van der Waals surface area contributed by atoms with Gasteiger partial charge in [0.25, 0.3) is 0 Å². The van der Waals surface area contributed by atoms with Gasteiger partial charge in [0.05, 0.1) is 25.6 Å². The molecular weight excluding hydrogens is 351 g/mol. The molecule has 0 N–H and O–H groups in total. The second-order valence-corrected chi connectivity index (χ2v) is 7.01. The van der Waals surface area contributed by atoms with Gasteiger partial charge in [0.1, 0.15) is 0 Å². The molecule has 0 saturated carbocycles. The number of nitro benzene ring substituents is 1. The van der Waals surface area contributed by atoms with E-state index in [2.05, 4.69) is 21.0 Å². The first-order valence-corrected chi connectivity index (χ1v) is 8.62. The van der Waals surface area contributed by atoms with Gasteiger partial charge in [0.15, 0.2) is 0 Å². The number of hydrogen-bond acceptors (Lipinski definition) is 3. The highest BCUT2D eigenvalue weighted by Gasteiger charge is 2.20. The van der Waals surface area contributed by atoms with E-state index >= 15 is 0 Å². The van der Waals surface area contributed by atoms with Crippen molar-refractivity contribution in [1.29, 1.82) is 0 Å². The number of ether oxygens (including phenoxy) is 1. The molecule has 0 aliphatic heterocycles. The van der Waals surface area contributed by atoms with E-state index in [9.17, 15) is 10.1 Å². The van der Waals surface area contributed by atoms with E-state index in [0.717, 1.165) is 13.0 Å². The molecule has 24 heavy (non-hydrogen) atoms. The Morgan fingerprint density at radius 2 is 1.79 bits per heavy atom. The van der Waals surface area contributed by atoms with Crippen molar-refractivity contribution in [2.75, 3.05) is 27.4 Å². The quantitative estimate of drug-likeness (QED) is 0.194. The summed E-state index contributed by atoms with van der Waals surface area (Å²) in [5.74, 6) is 0.272. The molecule has 0 bridgehead atoms. The third-order valence-corrected chi connectivity index (χ3v) is 4.04. The van der Waals surface area contributed by atoms with Crippen molar-refractivity contribution in [1.82, 2.24) is 0 Å². The van der Waals surface area contributed by atoms with Crippen LogP contribution in [0.4, 0.5) is 5.69 Å². The Balaban J connectivity index is 0.00000529. The lowest BCUT2D eigenvalue weighted by Gasteiger charge is -2.29. The third-order valence-electron chi connectivity index (χ3n) is 3.80. The summed E-state index contributed by atoms with van der Waals surface area (Å²) in [5.41, 5.74) is -0.0861. The molecule has 0 amide bonds. The Morgan fingerprint density at radius 3 is 2.42 bits per heavy atom. The van der Waals surface area contributed by atoms with Crippen LogP contribution in [0.15, 0.2) is 18.2 Å². The minimum Gasteiger partial charge on any atom is -1.00 e. The highest BCUT2D eigenvalue weighted by Crippen LogP contribution is 2.30. The number of rotatable bonds is 11. The number of hydrogen-bond donors (Lipinski definition) is 0. The second kappa shape index (κ2) is 11.5. The molecule has 0 aromatic heterocycles. The summed E-state index contributed by atoms with van der Waals surface area (Å²) in [6.45, 7) is 3.61. The lowest BCUT2D eigenvalue weighted by atomic mass is 10.1. The number of halogens is 2. The molecule has 0 saturated heterocycles. The van der Waals surface area contributed by atoms with Crippen molar-refractivity contribution in [3.63, 3.8) is 0 Å². The molecule has 1 aromatic rings. The van der Waals surface area contributed by atoms with Gasteiger partial charge in [0.2, 0.25) is 12.5 Å². The fourth-order valence-electron chi connectivity index (χ4n) is 2.38. The molecule has 0 spiro atoms. The van der Waals surface area contributed by atoms with Crippen LogP contribution < -0.4 is 17.1 Å². The standard InChI is InChI=1S/C17H28ClN2O3.ClH/c1-4-5-6-7-8-9-12-20(2,3)14-23-17-11-10-15(18)13-16(17)19(21)22;/h10-11,13H,4-9,12,14H2,1-3H3;1H/q+1;/p-1. The lowest BCUT2D eigenvalue weighted by Crippen LogP contribution is -3.00. The summed E-state index contributed by atoms with van der Waals surface area (Å²) >= 11 is 5.81. The molecule has 0 heterocycles. The molecule has 0 fully saturated rings. The molecule has 138 valence electrons. The van der Waals surface area contributed by atoms with E-state index in [1.54, 1.807) is 12.1 Å². The van der Waals surface area contributed by atoms with Crippen molar-refractivity contribution < 1.29 is 26.6 Å². The van der Waals surface area contributed by atoms with E-state index in [1.807, 2.05) is 0 Å². The largest absolute Gasteiger partial charge is 1.00 e. The highest BCUT2D eigenvalue weighted by molar-refractivity contribution is 6.30. The van der Waals surface area contributed by atoms with Crippen molar-refractivity contribution in [2.45, 2.75) is 45.4 Å². The first kappa shape index (κ1) is 23.0. The zero-order valence-electron chi connectivity index (χ0n) is 14.8. The van der Waals surface area contributed by atoms with Gasteiger partial charge in [-0.1, -0.05) is 44.2 Å². The summed E-state index contributed by atoms with van der Waals surface area (Å²) < 4.78 is 6.36. The molecule has 0 unspecified atom stereocenters. The number of quaternary nitrogens is 1. The first-order chi connectivity index (χ1) is 10.9. The number of nitrogens with zero attached hydrogens (tertiary/aromatic N) is 2. The third kappa shape index (κ3) is 8.71. The summed E-state index contributed by atoms with van der Waals surface area (Å²) in [5, 5.41) is 11.4. The maximum absolute atomic E-state index is 11.1. The van der Waals surface area contributed by atoms with Crippen LogP contribution in [0.2, 0.25) is 5.02 Å². The number of benzene rings is 1. The van der Waals surface area contributed by atoms with Crippen LogP contribution in [0.5, 0.6) is 5.75 Å². The van der Waals surface area contributed by atoms with Gasteiger partial charge in [-0.3, -0.25) is 14.6 Å². The Labute approximate surface area is 156 Å². The zero-order chi connectivity index (χ0) is 17.3. The smallest absolute Gasteiger partial charge is 0.312 e. The Hall–Kier alpha value is -1.04. The Bertz CT molecular complexity index is 511. The minimum absolute atomic E-state index is 0. The van der Waals surface area contributed by atoms with Crippen LogP contribution >= 0.6 is 11.6 Å². The van der Waals surface area contributed by atoms with Crippen LogP contribution in [-0.2, 0) is 0 Å². The van der Waals surface area contributed by atoms with E-state index in [-0.39, 0.29) is 23.8 Å². The topological polar surface area (TPSA) is 52.4 Å². The highest BCUT2D eigenvalue weighted by atomic mass is 35.5. The lowest BCUT2D eigenvalue weighted by molar-refractivity contribution is -0.905. The molecule has 0 atom stereocenters. The molecule has 0 aliphatic rings. The zero-order valence-corrected chi connectivity index (χ0v) is 16.3. The first-order valence-electron chi connectivity index (χ1n) is 8.24. The molecule has 1 rings (SSSR count). The molecule has 5 nitrogen and oxygen atoms in total. The van der Waals surface area contributed by atoms with Crippen LogP contribution in [0, 0.1) is 10.1 Å². The molecule has 0 aliphatic carbocycles. The van der Waals surface area contributed by atoms with Gasteiger partial charge in [-0.2, -0.15) is 0 Å². The van der Waals surface area contributed by atoms with Crippen LogP contribution in [0.3, 0.4) is 0 Å². The number of nitro groups is 1. The van der Waals surface area contributed by atoms with Crippen LogP contribution in [-0.4, -0.2) is 36.8 Å². The van der Waals surface area contributed by atoms with E-state index in [0.29, 0.717) is 16.2 Å². The van der Waals surface area contributed by atoms with Crippen molar-refractivity contribution >= 4 is 17.3 Å². The normalized spacial score (nSPS) is 11.0. The summed E-state index contributed by atoms with van der Waals surface area (Å²) in [6.07, 6.45) is 7.51. The predicted octanol–water partition coefficient (Wildman–Crippen LogP) is 2.03. The van der Waals surface area contributed by atoms with E-state index < -0.39 is 4.92 Å². The molecule has 1 aromatic carbocycles. The summed E-state index contributed by atoms with van der Waals surface area (Å²) in [6, 6.07) is 4.49. The van der Waals surface area contributed by atoms with E-state index in [4.69, 9.17) is 16.3 Å². The molecule has 7 heteroatoms. The van der Waals surface area contributed by atoms with Crippen LogP contribution in [0.1, 0.15) is 45.4 Å². The maximum Gasteiger partial charge on any atom is 0.312 e. The minimum atomic E-state index is -0.463. The average Bonchev–Trinajstić information content (AvgIpc) is 2.49. The summed E-state index contributed by atoms with van der Waals surface area (Å²) in [4.78, 5) is 10.6. The molecule has 0 radical (unpaired) electrons. The Morgan fingerprint density at radius 1 is 1.17 bits per heavy atom. The SMILES string of the molecule is CCCCCCCC[N+](C)(C)COc1ccc(Cl)cc1[N+](=O)[O-].[Cl-]. The van der Waals surface area contributed by atoms with Gasteiger partial charge in [-0.15, -0.1) is 0 Å². The van der Waals surface area contributed by atoms with Crippen molar-refractivity contribution in [3.05, 3.63) is 33.3 Å². The van der Waals surface area contributed by atoms with Gasteiger partial charge < -0.3 is 17.1 Å². The second-order valence-electron chi connectivity index (χ2n) is 6.57. The Kier molecular flexibility index (Phi) is 11.0. The van der Waals surface area contributed by atoms with Gasteiger partial charge in [-0.25, -0.2) is 0 Å². The monoisotopic (exact) mass is 378 g/mol. The van der Waals surface area contributed by atoms with Gasteiger partial charge >= 0.3 is 5.69 Å². The summed E-state index contributed by atoms with van der Waals surface area (Å²) in [7, 11) is 4.15. The van der Waals surface area contributed by atoms with Crippen molar-refractivity contribution in [2.24, 2.45) is 0 Å². The molecular formula is C17H28Cl2N2O3. The maximum atomic E-state index is 11.1. The van der Waals surface area contributed by atoms with Crippen LogP contribution in [0.25, 0.3) is 0 Å².